The minimum absolute atomic E-state index is 0.00198. The summed E-state index contributed by atoms with van der Waals surface area (Å²) in [4.78, 5) is 28.7. The molecule has 0 N–H and O–H groups in total. The molecular weight excluding hydrogens is 442 g/mol. The second kappa shape index (κ2) is 10.3. The van der Waals surface area contributed by atoms with Gasteiger partial charge < -0.3 is 14.5 Å². The summed E-state index contributed by atoms with van der Waals surface area (Å²) in [6.45, 7) is -0.608. The Kier molecular flexibility index (Phi) is 7.51. The van der Waals surface area contributed by atoms with E-state index in [-0.39, 0.29) is 17.1 Å². The summed E-state index contributed by atoms with van der Waals surface area (Å²) in [5.74, 6) is -1.62. The van der Waals surface area contributed by atoms with Crippen LogP contribution in [0.1, 0.15) is 12.0 Å². The Morgan fingerprint density at radius 3 is 2.30 bits per heavy atom. The highest BCUT2D eigenvalue weighted by atomic mass is 32.2. The molecule has 1 fully saturated rings. The van der Waals surface area contributed by atoms with Gasteiger partial charge in [0.1, 0.15) is 11.6 Å². The number of nitriles is 1. The molecule has 2 aromatic rings. The largest absolute Gasteiger partial charge is 0.451 e. The molecule has 3 rings (SSSR count). The minimum Gasteiger partial charge on any atom is -0.451 e. The molecule has 1 unspecified atom stereocenters. The Morgan fingerprint density at radius 2 is 1.76 bits per heavy atom. The fourth-order valence-electron chi connectivity index (χ4n) is 3.57. The van der Waals surface area contributed by atoms with Crippen LogP contribution >= 0.6 is 0 Å². The van der Waals surface area contributed by atoms with Crippen molar-refractivity contribution in [3.8, 4) is 6.07 Å². The van der Waals surface area contributed by atoms with Crippen LogP contribution in [0.15, 0.2) is 60.2 Å². The van der Waals surface area contributed by atoms with Crippen molar-refractivity contribution < 1.29 is 22.7 Å². The van der Waals surface area contributed by atoms with Gasteiger partial charge in [-0.1, -0.05) is 30.3 Å². The predicted octanol–water partition coefficient (Wildman–Crippen LogP) is 2.42. The van der Waals surface area contributed by atoms with Crippen LogP contribution in [-0.4, -0.2) is 58.5 Å². The number of sulfone groups is 1. The number of rotatable bonds is 7. The Morgan fingerprint density at radius 1 is 1.09 bits per heavy atom. The lowest BCUT2D eigenvalue weighted by Crippen LogP contribution is -2.43. The molecule has 33 heavy (non-hydrogen) atoms. The van der Waals surface area contributed by atoms with E-state index in [1.165, 1.54) is 11.0 Å². The van der Waals surface area contributed by atoms with E-state index in [0.29, 0.717) is 17.7 Å². The van der Waals surface area contributed by atoms with E-state index in [9.17, 15) is 23.3 Å². The monoisotopic (exact) mass is 467 g/mol. The summed E-state index contributed by atoms with van der Waals surface area (Å²) in [5, 5.41) is 9.39. The van der Waals surface area contributed by atoms with Crippen LogP contribution in [0, 0.1) is 11.3 Å². The standard InChI is InChI=1S/C24H25N3O5S/c1-26(2)20-10-8-18(9-11-20)14-19(15-25)24(29)32-16-23(28)27(21-6-4-3-5-7-21)22-12-13-33(30,31)17-22/h3-11,14,22H,12-13,16-17H2,1-2H3/b19-14+. The van der Waals surface area contributed by atoms with Gasteiger partial charge in [-0.25, -0.2) is 13.2 Å². The lowest BCUT2D eigenvalue weighted by atomic mass is 10.1. The lowest BCUT2D eigenvalue weighted by Gasteiger charge is -2.28. The molecule has 1 aliphatic rings. The highest BCUT2D eigenvalue weighted by molar-refractivity contribution is 7.91. The van der Waals surface area contributed by atoms with Gasteiger partial charge in [0, 0.05) is 25.5 Å². The zero-order chi connectivity index (χ0) is 24.0. The maximum Gasteiger partial charge on any atom is 0.349 e. The van der Waals surface area contributed by atoms with Crippen molar-refractivity contribution >= 4 is 39.2 Å². The second-order valence-corrected chi connectivity index (χ2v) is 10.1. The van der Waals surface area contributed by atoms with Crippen LogP contribution in [-0.2, 0) is 24.2 Å². The van der Waals surface area contributed by atoms with Crippen LogP contribution in [0.25, 0.3) is 6.08 Å². The van der Waals surface area contributed by atoms with Gasteiger partial charge in [-0.05, 0) is 42.3 Å². The van der Waals surface area contributed by atoms with E-state index in [1.54, 1.807) is 42.5 Å². The van der Waals surface area contributed by atoms with Crippen molar-refractivity contribution in [2.24, 2.45) is 0 Å². The molecule has 9 heteroatoms. The van der Waals surface area contributed by atoms with Crippen LogP contribution < -0.4 is 9.80 Å². The summed E-state index contributed by atoms with van der Waals surface area (Å²) < 4.78 is 29.0. The normalized spacial score (nSPS) is 17.1. The first-order valence-corrected chi connectivity index (χ1v) is 12.2. The van der Waals surface area contributed by atoms with E-state index in [2.05, 4.69) is 0 Å². The van der Waals surface area contributed by atoms with Crippen molar-refractivity contribution in [2.45, 2.75) is 12.5 Å². The van der Waals surface area contributed by atoms with Gasteiger partial charge in [0.05, 0.1) is 17.5 Å². The summed E-state index contributed by atoms with van der Waals surface area (Å²) in [7, 11) is 0.574. The third-order valence-corrected chi connectivity index (χ3v) is 7.01. The summed E-state index contributed by atoms with van der Waals surface area (Å²) in [5.41, 5.74) is 1.89. The number of anilines is 2. The molecule has 1 saturated heterocycles. The fraction of sp³-hybridized carbons (Fsp3) is 0.292. The number of ether oxygens (including phenoxy) is 1. The average molecular weight is 468 g/mol. The number of nitrogens with zero attached hydrogens (tertiary/aromatic N) is 3. The molecule has 0 aromatic heterocycles. The van der Waals surface area contributed by atoms with Crippen molar-refractivity contribution in [1.29, 1.82) is 5.26 Å². The van der Waals surface area contributed by atoms with E-state index in [1.807, 2.05) is 37.2 Å². The van der Waals surface area contributed by atoms with Gasteiger partial charge in [0.15, 0.2) is 16.4 Å². The maximum absolute atomic E-state index is 13.0. The Hall–Kier alpha value is -3.64. The van der Waals surface area contributed by atoms with Crippen molar-refractivity contribution in [3.05, 3.63) is 65.7 Å². The second-order valence-electron chi connectivity index (χ2n) is 7.89. The average Bonchev–Trinajstić information content (AvgIpc) is 3.16. The molecule has 0 aliphatic carbocycles. The minimum atomic E-state index is -3.23. The molecule has 8 nitrogen and oxygen atoms in total. The van der Waals surface area contributed by atoms with Gasteiger partial charge in [-0.15, -0.1) is 0 Å². The highest BCUT2D eigenvalue weighted by Crippen LogP contribution is 2.25. The molecule has 1 amide bonds. The number of carbonyl (C=O) groups excluding carboxylic acids is 2. The number of carbonyl (C=O) groups is 2. The third-order valence-electron chi connectivity index (χ3n) is 5.26. The molecule has 2 aromatic carbocycles. The number of amides is 1. The quantitative estimate of drug-likeness (QED) is 0.350. The zero-order valence-electron chi connectivity index (χ0n) is 18.5. The van der Waals surface area contributed by atoms with Gasteiger partial charge in [-0.3, -0.25) is 4.79 Å². The smallest absolute Gasteiger partial charge is 0.349 e. The molecular formula is C24H25N3O5S. The number of hydrogen-bond donors (Lipinski definition) is 0. The molecule has 0 saturated carbocycles. The van der Waals surface area contributed by atoms with Crippen LogP contribution in [0.4, 0.5) is 11.4 Å². The van der Waals surface area contributed by atoms with E-state index < -0.39 is 34.4 Å². The molecule has 0 spiro atoms. The first kappa shape index (κ1) is 24.0. The molecule has 172 valence electrons. The fourth-order valence-corrected chi connectivity index (χ4v) is 5.27. The molecule has 0 radical (unpaired) electrons. The van der Waals surface area contributed by atoms with Crippen LogP contribution in [0.2, 0.25) is 0 Å². The molecule has 1 heterocycles. The number of benzene rings is 2. The lowest BCUT2D eigenvalue weighted by molar-refractivity contribution is -0.143. The third kappa shape index (κ3) is 6.20. The molecule has 1 aliphatic heterocycles. The van der Waals surface area contributed by atoms with Crippen molar-refractivity contribution in [1.82, 2.24) is 0 Å². The first-order chi connectivity index (χ1) is 15.7. The van der Waals surface area contributed by atoms with Gasteiger partial charge in [0.2, 0.25) is 0 Å². The summed E-state index contributed by atoms with van der Waals surface area (Å²) >= 11 is 0. The van der Waals surface area contributed by atoms with E-state index in [4.69, 9.17) is 4.74 Å². The Balaban J connectivity index is 1.72. The Bertz CT molecular complexity index is 1180. The maximum atomic E-state index is 13.0. The highest BCUT2D eigenvalue weighted by Gasteiger charge is 2.35. The number of esters is 1. The van der Waals surface area contributed by atoms with E-state index >= 15 is 0 Å². The number of hydrogen-bond acceptors (Lipinski definition) is 7. The summed E-state index contributed by atoms with van der Waals surface area (Å²) in [6, 6.07) is 17.2. The summed E-state index contributed by atoms with van der Waals surface area (Å²) in [6.07, 6.45) is 1.70. The van der Waals surface area contributed by atoms with Crippen LogP contribution in [0.3, 0.4) is 0 Å². The van der Waals surface area contributed by atoms with Gasteiger partial charge in [0.25, 0.3) is 5.91 Å². The van der Waals surface area contributed by atoms with E-state index in [0.717, 1.165) is 5.69 Å². The van der Waals surface area contributed by atoms with Gasteiger partial charge in [-0.2, -0.15) is 5.26 Å². The van der Waals surface area contributed by atoms with Crippen molar-refractivity contribution in [3.63, 3.8) is 0 Å². The molecule has 1 atom stereocenters. The van der Waals surface area contributed by atoms with Gasteiger partial charge >= 0.3 is 5.97 Å². The van der Waals surface area contributed by atoms with Crippen molar-refractivity contribution in [2.75, 3.05) is 42.0 Å². The van der Waals surface area contributed by atoms with Crippen LogP contribution in [0.5, 0.6) is 0 Å². The zero-order valence-corrected chi connectivity index (χ0v) is 19.3. The SMILES string of the molecule is CN(C)c1ccc(/C=C(\C#N)C(=O)OCC(=O)N(c2ccccc2)C2CCS(=O)(=O)C2)cc1. The predicted molar refractivity (Wildman–Crippen MR) is 126 cm³/mol. The Labute approximate surface area is 193 Å². The first-order valence-electron chi connectivity index (χ1n) is 10.3. The topological polar surface area (TPSA) is 108 Å². The molecule has 0 bridgehead atoms. The number of para-hydroxylation sites is 1.